The largest absolute Gasteiger partial charge is 0.491 e. The van der Waals surface area contributed by atoms with Gasteiger partial charge in [0, 0.05) is 11.6 Å². The molecule has 0 radical (unpaired) electrons. The molecular weight excluding hydrogens is 384 g/mol. The molecule has 7 heteroatoms. The third kappa shape index (κ3) is 4.45. The van der Waals surface area contributed by atoms with E-state index in [1.54, 1.807) is 4.90 Å². The maximum atomic E-state index is 12.9. The first-order valence-corrected chi connectivity index (χ1v) is 10.2. The number of likely N-dealkylation sites (tertiary alicyclic amines) is 1. The van der Waals surface area contributed by atoms with Gasteiger partial charge in [-0.1, -0.05) is 11.6 Å². The van der Waals surface area contributed by atoms with E-state index in [1.165, 1.54) is 11.3 Å². The summed E-state index contributed by atoms with van der Waals surface area (Å²) in [5.74, 6) is 0.620. The zero-order valence-electron chi connectivity index (χ0n) is 16.1. The van der Waals surface area contributed by atoms with Gasteiger partial charge in [0.1, 0.15) is 22.8 Å². The summed E-state index contributed by atoms with van der Waals surface area (Å²) in [5, 5.41) is 12.6. The van der Waals surface area contributed by atoms with Gasteiger partial charge >= 0.3 is 0 Å². The molecule has 1 fully saturated rings. The molecule has 1 unspecified atom stereocenters. The Labute approximate surface area is 168 Å². The number of aryl methyl sites for hydroxylation is 4. The highest BCUT2D eigenvalue weighted by Gasteiger charge is 2.37. The van der Waals surface area contributed by atoms with Crippen molar-refractivity contribution in [2.24, 2.45) is 0 Å². The molecule has 1 aromatic heterocycles. The average molecular weight is 409 g/mol. The second kappa shape index (κ2) is 7.78. The lowest BCUT2D eigenvalue weighted by Gasteiger charge is -2.38. The highest BCUT2D eigenvalue weighted by molar-refractivity contribution is 7.13. The molecule has 0 bridgehead atoms. The van der Waals surface area contributed by atoms with E-state index in [1.807, 2.05) is 39.8 Å². The van der Waals surface area contributed by atoms with Gasteiger partial charge in [-0.3, -0.25) is 4.79 Å². The molecule has 1 aliphatic heterocycles. The minimum atomic E-state index is -1.07. The Bertz CT molecular complexity index is 844. The molecular formula is C20H25ClN2O3S. The SMILES string of the molecule is Cc1nc(C)c(C(=O)N2CCCC(O)(COc3cc(C)c(Cl)c(C)c3)C2)s1. The number of carbonyl (C=O) groups excluding carboxylic acids is 1. The van der Waals surface area contributed by atoms with Crippen molar-refractivity contribution in [2.75, 3.05) is 19.7 Å². The van der Waals surface area contributed by atoms with E-state index < -0.39 is 5.60 Å². The zero-order chi connectivity index (χ0) is 19.8. The van der Waals surface area contributed by atoms with Crippen LogP contribution in [-0.4, -0.2) is 46.2 Å². The van der Waals surface area contributed by atoms with Gasteiger partial charge in [0.05, 0.1) is 17.2 Å². The number of ether oxygens (including phenoxy) is 1. The predicted molar refractivity (Wildman–Crippen MR) is 108 cm³/mol. The number of β-amino-alcohol motifs (C(OH)–C–C–N with tert-alkyl or cyclic N) is 1. The van der Waals surface area contributed by atoms with E-state index >= 15 is 0 Å². The summed E-state index contributed by atoms with van der Waals surface area (Å²) in [4.78, 5) is 19.6. The van der Waals surface area contributed by atoms with Crippen LogP contribution < -0.4 is 4.74 Å². The fraction of sp³-hybridized carbons (Fsp3) is 0.500. The number of piperidine rings is 1. The predicted octanol–water partition coefficient (Wildman–Crippen LogP) is 4.08. The lowest BCUT2D eigenvalue weighted by molar-refractivity contribution is -0.0531. The summed E-state index contributed by atoms with van der Waals surface area (Å²) in [6.45, 7) is 8.63. The number of hydrogen-bond acceptors (Lipinski definition) is 5. The van der Waals surface area contributed by atoms with Gasteiger partial charge in [-0.15, -0.1) is 11.3 Å². The molecule has 2 heterocycles. The maximum absolute atomic E-state index is 12.9. The van der Waals surface area contributed by atoms with Crippen LogP contribution in [0.3, 0.4) is 0 Å². The quantitative estimate of drug-likeness (QED) is 0.828. The van der Waals surface area contributed by atoms with Gasteiger partial charge in [0.15, 0.2) is 0 Å². The number of carbonyl (C=O) groups is 1. The number of thiazole rings is 1. The van der Waals surface area contributed by atoms with Gasteiger partial charge in [-0.25, -0.2) is 4.98 Å². The van der Waals surface area contributed by atoms with Gasteiger partial charge in [0.2, 0.25) is 0 Å². The summed E-state index contributed by atoms with van der Waals surface area (Å²) < 4.78 is 5.87. The lowest BCUT2D eigenvalue weighted by Crippen LogP contribution is -2.53. The first-order valence-electron chi connectivity index (χ1n) is 9.04. The van der Waals surface area contributed by atoms with Crippen molar-refractivity contribution in [2.45, 2.75) is 46.1 Å². The van der Waals surface area contributed by atoms with Crippen LogP contribution in [0.5, 0.6) is 5.75 Å². The fourth-order valence-electron chi connectivity index (χ4n) is 3.48. The van der Waals surface area contributed by atoms with Crippen molar-refractivity contribution >= 4 is 28.8 Å². The van der Waals surface area contributed by atoms with E-state index in [-0.39, 0.29) is 19.1 Å². The molecule has 5 nitrogen and oxygen atoms in total. The molecule has 1 saturated heterocycles. The van der Waals surface area contributed by atoms with Gasteiger partial charge in [-0.05, 0) is 63.8 Å². The Balaban J connectivity index is 1.69. The topological polar surface area (TPSA) is 62.7 Å². The van der Waals surface area contributed by atoms with Crippen LogP contribution in [0, 0.1) is 27.7 Å². The number of rotatable bonds is 4. The third-order valence-electron chi connectivity index (χ3n) is 4.86. The number of amides is 1. The Kier molecular flexibility index (Phi) is 5.79. The number of benzene rings is 1. The van der Waals surface area contributed by atoms with Crippen molar-refractivity contribution in [1.82, 2.24) is 9.88 Å². The van der Waals surface area contributed by atoms with E-state index in [4.69, 9.17) is 16.3 Å². The second-order valence-corrected chi connectivity index (χ2v) is 8.94. The molecule has 0 aliphatic carbocycles. The zero-order valence-corrected chi connectivity index (χ0v) is 17.7. The summed E-state index contributed by atoms with van der Waals surface area (Å²) >= 11 is 7.60. The number of nitrogens with zero attached hydrogens (tertiary/aromatic N) is 2. The third-order valence-corrected chi connectivity index (χ3v) is 6.51. The molecule has 3 rings (SSSR count). The molecule has 1 aliphatic rings. The van der Waals surface area contributed by atoms with Gasteiger partial charge in [0.25, 0.3) is 5.91 Å². The molecule has 1 N–H and O–H groups in total. The van der Waals surface area contributed by atoms with Crippen LogP contribution in [0.1, 0.15) is 44.3 Å². The maximum Gasteiger partial charge on any atom is 0.265 e. The number of aromatic nitrogens is 1. The Morgan fingerprint density at radius 1 is 1.33 bits per heavy atom. The minimum Gasteiger partial charge on any atom is -0.491 e. The summed E-state index contributed by atoms with van der Waals surface area (Å²) in [6.07, 6.45) is 1.34. The number of halogens is 1. The molecule has 2 aromatic rings. The minimum absolute atomic E-state index is 0.0607. The molecule has 0 spiro atoms. The smallest absolute Gasteiger partial charge is 0.265 e. The van der Waals surface area contributed by atoms with Gasteiger partial charge in [-0.2, -0.15) is 0 Å². The van der Waals surface area contributed by atoms with Crippen molar-refractivity contribution in [3.05, 3.63) is 43.9 Å². The van der Waals surface area contributed by atoms with Crippen LogP contribution in [0.4, 0.5) is 0 Å². The van der Waals surface area contributed by atoms with Crippen molar-refractivity contribution in [3.8, 4) is 5.75 Å². The normalized spacial score (nSPS) is 20.0. The highest BCUT2D eigenvalue weighted by Crippen LogP contribution is 2.29. The number of aliphatic hydroxyl groups is 1. The Morgan fingerprint density at radius 2 is 2.00 bits per heavy atom. The molecule has 1 amide bonds. The second-order valence-electron chi connectivity index (χ2n) is 7.36. The molecule has 1 atom stereocenters. The average Bonchev–Trinajstić information content (AvgIpc) is 2.95. The van der Waals surface area contributed by atoms with Gasteiger partial charge < -0.3 is 14.7 Å². The Morgan fingerprint density at radius 3 is 2.59 bits per heavy atom. The molecule has 0 saturated carbocycles. The highest BCUT2D eigenvalue weighted by atomic mass is 35.5. The van der Waals surface area contributed by atoms with Crippen LogP contribution in [-0.2, 0) is 0 Å². The summed E-state index contributed by atoms with van der Waals surface area (Å²) in [7, 11) is 0. The van der Waals surface area contributed by atoms with Crippen LogP contribution in [0.2, 0.25) is 5.02 Å². The van der Waals surface area contributed by atoms with E-state index in [2.05, 4.69) is 4.98 Å². The van der Waals surface area contributed by atoms with Crippen LogP contribution in [0.25, 0.3) is 0 Å². The Hall–Kier alpha value is -1.63. The van der Waals surface area contributed by atoms with Crippen LogP contribution in [0.15, 0.2) is 12.1 Å². The van der Waals surface area contributed by atoms with Crippen molar-refractivity contribution in [3.63, 3.8) is 0 Å². The summed E-state index contributed by atoms with van der Waals surface area (Å²) in [6, 6.07) is 3.74. The first-order chi connectivity index (χ1) is 12.7. The van der Waals surface area contributed by atoms with E-state index in [0.29, 0.717) is 23.6 Å². The first kappa shape index (κ1) is 20.1. The fourth-order valence-corrected chi connectivity index (χ4v) is 4.48. The molecule has 1 aromatic carbocycles. The lowest BCUT2D eigenvalue weighted by atomic mass is 9.93. The molecule has 27 heavy (non-hydrogen) atoms. The standard InChI is InChI=1S/C20H25ClN2O3S/c1-12-8-16(9-13(2)17(12)21)26-11-20(25)6-5-7-23(10-20)19(24)18-14(3)22-15(4)27-18/h8-9,25H,5-7,10-11H2,1-4H3. The van der Waals surface area contributed by atoms with E-state index in [0.717, 1.165) is 33.3 Å². The number of hydrogen-bond donors (Lipinski definition) is 1. The van der Waals surface area contributed by atoms with E-state index in [9.17, 15) is 9.90 Å². The molecule has 146 valence electrons. The monoisotopic (exact) mass is 408 g/mol. The van der Waals surface area contributed by atoms with Crippen molar-refractivity contribution in [1.29, 1.82) is 0 Å². The summed E-state index contributed by atoms with van der Waals surface area (Å²) in [5.41, 5.74) is 1.56. The van der Waals surface area contributed by atoms with Crippen LogP contribution >= 0.6 is 22.9 Å². The van der Waals surface area contributed by atoms with Crippen molar-refractivity contribution < 1.29 is 14.6 Å².